The smallest absolute Gasteiger partial charge is 0.274 e. The number of amides is 2. The average molecular weight is 371 g/mol. The molecule has 2 aromatic heterocycles. The van der Waals surface area contributed by atoms with Crippen LogP contribution >= 0.6 is 11.6 Å². The van der Waals surface area contributed by atoms with Crippen molar-refractivity contribution in [3.63, 3.8) is 0 Å². The first-order chi connectivity index (χ1) is 12.5. The Kier molecular flexibility index (Phi) is 5.23. The van der Waals surface area contributed by atoms with Gasteiger partial charge >= 0.3 is 0 Å². The van der Waals surface area contributed by atoms with Crippen LogP contribution in [-0.4, -0.2) is 31.6 Å². The number of nitrogens with zero attached hydrogens (tertiary/aromatic N) is 4. The maximum Gasteiger partial charge on any atom is 0.274 e. The van der Waals surface area contributed by atoms with Crippen LogP contribution in [0.15, 0.2) is 55.2 Å². The van der Waals surface area contributed by atoms with Crippen LogP contribution < -0.4 is 10.6 Å². The van der Waals surface area contributed by atoms with Crippen molar-refractivity contribution in [2.24, 2.45) is 0 Å². The monoisotopic (exact) mass is 370 g/mol. The Balaban J connectivity index is 1.61. The molecule has 9 heteroatoms. The first-order valence-electron chi connectivity index (χ1n) is 7.71. The number of anilines is 2. The van der Waals surface area contributed by atoms with Gasteiger partial charge in [-0.15, -0.1) is 0 Å². The molecule has 1 unspecified atom stereocenters. The van der Waals surface area contributed by atoms with E-state index in [1.807, 2.05) is 0 Å². The Bertz CT molecular complexity index is 911. The third kappa shape index (κ3) is 4.22. The van der Waals surface area contributed by atoms with E-state index in [4.69, 9.17) is 11.6 Å². The molecule has 0 saturated carbocycles. The van der Waals surface area contributed by atoms with Crippen molar-refractivity contribution < 1.29 is 9.59 Å². The van der Waals surface area contributed by atoms with E-state index in [9.17, 15) is 9.59 Å². The summed E-state index contributed by atoms with van der Waals surface area (Å²) in [7, 11) is 0. The minimum absolute atomic E-state index is 0.219. The highest BCUT2D eigenvalue weighted by Gasteiger charge is 2.15. The number of rotatable bonds is 5. The lowest BCUT2D eigenvalue weighted by Gasteiger charge is -2.12. The maximum atomic E-state index is 12.2. The van der Waals surface area contributed by atoms with Crippen molar-refractivity contribution >= 4 is 34.8 Å². The first kappa shape index (κ1) is 17.6. The third-order valence-corrected chi connectivity index (χ3v) is 3.81. The fourth-order valence-corrected chi connectivity index (χ4v) is 2.30. The second-order valence-corrected chi connectivity index (χ2v) is 5.87. The van der Waals surface area contributed by atoms with Crippen LogP contribution in [0.5, 0.6) is 0 Å². The number of nitrogens with one attached hydrogen (secondary N) is 2. The molecule has 0 saturated heterocycles. The summed E-state index contributed by atoms with van der Waals surface area (Å²) in [5.41, 5.74) is 1.39. The second kappa shape index (κ2) is 7.75. The summed E-state index contributed by atoms with van der Waals surface area (Å²) in [6, 6.07) is 9.31. The first-order valence-corrected chi connectivity index (χ1v) is 8.08. The van der Waals surface area contributed by atoms with Crippen molar-refractivity contribution in [2.75, 3.05) is 10.6 Å². The number of aromatic nitrogens is 4. The van der Waals surface area contributed by atoms with Crippen molar-refractivity contribution in [1.29, 1.82) is 0 Å². The predicted octanol–water partition coefficient (Wildman–Crippen LogP) is 2.78. The molecule has 2 heterocycles. The number of carbonyl (C=O) groups excluding carboxylic acids is 2. The molecule has 2 amide bonds. The van der Waals surface area contributed by atoms with Crippen LogP contribution in [-0.2, 0) is 4.79 Å². The highest BCUT2D eigenvalue weighted by Crippen LogP contribution is 2.16. The Hall–Kier alpha value is -3.26. The Morgan fingerprint density at radius 2 is 1.81 bits per heavy atom. The molecular weight excluding hydrogens is 356 g/mol. The molecule has 3 rings (SSSR count). The van der Waals surface area contributed by atoms with Gasteiger partial charge in [-0.1, -0.05) is 11.6 Å². The van der Waals surface area contributed by atoms with Gasteiger partial charge in [-0.25, -0.2) is 9.67 Å². The molecular formula is C17H15ClN6O2. The molecule has 0 aliphatic heterocycles. The van der Waals surface area contributed by atoms with Gasteiger partial charge in [0.15, 0.2) is 0 Å². The number of carbonyl (C=O) groups is 2. The zero-order valence-corrected chi connectivity index (χ0v) is 14.5. The van der Waals surface area contributed by atoms with E-state index in [1.165, 1.54) is 29.6 Å². The van der Waals surface area contributed by atoms with Gasteiger partial charge in [0.2, 0.25) is 5.91 Å². The predicted molar refractivity (Wildman–Crippen MR) is 97.0 cm³/mol. The van der Waals surface area contributed by atoms with E-state index in [-0.39, 0.29) is 17.5 Å². The third-order valence-electron chi connectivity index (χ3n) is 3.58. The van der Waals surface area contributed by atoms with Gasteiger partial charge in [0.25, 0.3) is 5.91 Å². The zero-order chi connectivity index (χ0) is 18.5. The molecule has 0 spiro atoms. The number of hydrogen-bond donors (Lipinski definition) is 2. The van der Waals surface area contributed by atoms with Crippen molar-refractivity contribution in [3.05, 3.63) is 66.0 Å². The SMILES string of the molecule is CC(C(=O)Nc1ccc(NC(=O)c2cc(Cl)ccn2)cc1)n1cncn1. The van der Waals surface area contributed by atoms with Gasteiger partial charge in [-0.3, -0.25) is 14.6 Å². The molecule has 0 bridgehead atoms. The number of hydrogen-bond acceptors (Lipinski definition) is 5. The molecule has 3 aromatic rings. The van der Waals surface area contributed by atoms with Crippen LogP contribution in [0.25, 0.3) is 0 Å². The number of benzene rings is 1. The summed E-state index contributed by atoms with van der Waals surface area (Å²) in [4.78, 5) is 32.1. The molecule has 2 N–H and O–H groups in total. The van der Waals surface area contributed by atoms with Gasteiger partial charge in [0.05, 0.1) is 0 Å². The highest BCUT2D eigenvalue weighted by molar-refractivity contribution is 6.30. The number of halogens is 1. The van der Waals surface area contributed by atoms with Gasteiger partial charge in [0, 0.05) is 22.6 Å². The molecule has 0 radical (unpaired) electrons. The second-order valence-electron chi connectivity index (χ2n) is 5.43. The van der Waals surface area contributed by atoms with E-state index in [2.05, 4.69) is 25.7 Å². The van der Waals surface area contributed by atoms with E-state index in [1.54, 1.807) is 37.3 Å². The van der Waals surface area contributed by atoms with Gasteiger partial charge in [-0.05, 0) is 43.3 Å². The maximum absolute atomic E-state index is 12.2. The topological polar surface area (TPSA) is 102 Å². The minimum atomic E-state index is -0.495. The lowest BCUT2D eigenvalue weighted by molar-refractivity contribution is -0.119. The summed E-state index contributed by atoms with van der Waals surface area (Å²) < 4.78 is 1.46. The fraction of sp³-hybridized carbons (Fsp3) is 0.118. The van der Waals surface area contributed by atoms with Crippen LogP contribution in [0.4, 0.5) is 11.4 Å². The highest BCUT2D eigenvalue weighted by atomic mass is 35.5. The van der Waals surface area contributed by atoms with Crippen LogP contribution in [0.1, 0.15) is 23.5 Å². The minimum Gasteiger partial charge on any atom is -0.324 e. The van der Waals surface area contributed by atoms with E-state index < -0.39 is 6.04 Å². The molecule has 1 aromatic carbocycles. The lowest BCUT2D eigenvalue weighted by Crippen LogP contribution is -2.24. The molecule has 0 fully saturated rings. The average Bonchev–Trinajstić information content (AvgIpc) is 3.17. The standard InChI is InChI=1S/C17H15ClN6O2/c1-11(24-10-19-9-21-24)16(25)22-13-2-4-14(5-3-13)23-17(26)15-8-12(18)6-7-20-15/h2-11H,1H3,(H,22,25)(H,23,26). The van der Waals surface area contributed by atoms with Crippen LogP contribution in [0.2, 0.25) is 5.02 Å². The molecule has 0 aliphatic rings. The van der Waals surface area contributed by atoms with E-state index >= 15 is 0 Å². The molecule has 8 nitrogen and oxygen atoms in total. The van der Waals surface area contributed by atoms with E-state index in [0.29, 0.717) is 16.4 Å². The largest absolute Gasteiger partial charge is 0.324 e. The Morgan fingerprint density at radius 3 is 2.42 bits per heavy atom. The summed E-state index contributed by atoms with van der Waals surface area (Å²) in [5, 5.41) is 9.87. The summed E-state index contributed by atoms with van der Waals surface area (Å²) in [6.07, 6.45) is 4.31. The van der Waals surface area contributed by atoms with E-state index in [0.717, 1.165) is 0 Å². The summed E-state index contributed by atoms with van der Waals surface area (Å²) in [6.45, 7) is 1.72. The Labute approximate surface area is 154 Å². The number of pyridine rings is 1. The normalized spacial score (nSPS) is 11.6. The van der Waals surface area contributed by atoms with Crippen molar-refractivity contribution in [2.45, 2.75) is 13.0 Å². The molecule has 26 heavy (non-hydrogen) atoms. The Morgan fingerprint density at radius 1 is 1.12 bits per heavy atom. The van der Waals surface area contributed by atoms with Crippen molar-refractivity contribution in [3.8, 4) is 0 Å². The molecule has 0 aliphatic carbocycles. The van der Waals surface area contributed by atoms with Gasteiger partial charge in [-0.2, -0.15) is 5.10 Å². The summed E-state index contributed by atoms with van der Waals surface area (Å²) >= 11 is 5.85. The zero-order valence-electron chi connectivity index (χ0n) is 13.8. The van der Waals surface area contributed by atoms with Crippen LogP contribution in [0.3, 0.4) is 0 Å². The fourth-order valence-electron chi connectivity index (χ4n) is 2.15. The van der Waals surface area contributed by atoms with Gasteiger partial charge < -0.3 is 10.6 Å². The van der Waals surface area contributed by atoms with Gasteiger partial charge in [0.1, 0.15) is 24.4 Å². The molecule has 1 atom stereocenters. The van der Waals surface area contributed by atoms with Crippen LogP contribution in [0, 0.1) is 0 Å². The van der Waals surface area contributed by atoms with Crippen molar-refractivity contribution in [1.82, 2.24) is 19.7 Å². The summed E-state index contributed by atoms with van der Waals surface area (Å²) in [5.74, 6) is -0.598. The quantitative estimate of drug-likeness (QED) is 0.719. The lowest BCUT2D eigenvalue weighted by atomic mass is 10.2. The molecule has 132 valence electrons.